The van der Waals surface area contributed by atoms with Gasteiger partial charge < -0.3 is 20.1 Å². The number of hydrogen-bond donors (Lipinski definition) is 1. The van der Waals surface area contributed by atoms with Crippen molar-refractivity contribution < 1.29 is 9.47 Å². The van der Waals surface area contributed by atoms with Gasteiger partial charge in [0.25, 0.3) is 0 Å². The first kappa shape index (κ1) is 15.6. The molecule has 1 atom stereocenters. The van der Waals surface area contributed by atoms with E-state index >= 15 is 0 Å². The number of fused-ring (bicyclic) bond motifs is 3. The van der Waals surface area contributed by atoms with Crippen molar-refractivity contribution in [1.29, 1.82) is 0 Å². The molecular formula is C20H21N3O2. The van der Waals surface area contributed by atoms with Crippen molar-refractivity contribution in [3.05, 3.63) is 65.2 Å². The number of nitrogens with zero attached hydrogens (tertiary/aromatic N) is 2. The third-order valence-electron chi connectivity index (χ3n) is 4.77. The second kappa shape index (κ2) is 6.16. The molecule has 0 spiro atoms. The Morgan fingerprint density at radius 1 is 1.08 bits per heavy atom. The first-order chi connectivity index (χ1) is 12.2. The predicted octanol–water partition coefficient (Wildman–Crippen LogP) is 2.97. The second-order valence-corrected chi connectivity index (χ2v) is 6.18. The third kappa shape index (κ3) is 2.61. The number of rotatable bonds is 3. The third-order valence-corrected chi connectivity index (χ3v) is 4.77. The number of methoxy groups -OCH3 is 2. The summed E-state index contributed by atoms with van der Waals surface area (Å²) in [4.78, 5) is 6.98. The second-order valence-electron chi connectivity index (χ2n) is 6.18. The van der Waals surface area contributed by atoms with E-state index in [0.29, 0.717) is 5.84 Å². The minimum atomic E-state index is -0.0950. The van der Waals surface area contributed by atoms with E-state index in [0.717, 1.165) is 41.3 Å². The lowest BCUT2D eigenvalue weighted by atomic mass is 9.93. The van der Waals surface area contributed by atoms with Crippen molar-refractivity contribution >= 4 is 11.5 Å². The van der Waals surface area contributed by atoms with Crippen LogP contribution in [0.25, 0.3) is 5.70 Å². The molecule has 0 saturated heterocycles. The van der Waals surface area contributed by atoms with Crippen LogP contribution in [0.4, 0.5) is 0 Å². The van der Waals surface area contributed by atoms with E-state index in [4.69, 9.17) is 15.2 Å². The molecule has 5 nitrogen and oxygen atoms in total. The van der Waals surface area contributed by atoms with Crippen LogP contribution in [0.15, 0.2) is 53.5 Å². The SMILES string of the molecule is COc1cc2c(cc1OC)C1=CC(N)=NC(c3ccccc3)N1CC2. The van der Waals surface area contributed by atoms with Crippen LogP contribution >= 0.6 is 0 Å². The Morgan fingerprint density at radius 2 is 1.80 bits per heavy atom. The van der Waals surface area contributed by atoms with Gasteiger partial charge in [0.1, 0.15) is 12.0 Å². The van der Waals surface area contributed by atoms with E-state index in [2.05, 4.69) is 28.1 Å². The smallest absolute Gasteiger partial charge is 0.161 e. The van der Waals surface area contributed by atoms with E-state index in [9.17, 15) is 0 Å². The highest BCUT2D eigenvalue weighted by atomic mass is 16.5. The summed E-state index contributed by atoms with van der Waals surface area (Å²) in [6.07, 6.45) is 2.78. The molecule has 128 valence electrons. The van der Waals surface area contributed by atoms with Crippen LogP contribution in [0.3, 0.4) is 0 Å². The molecule has 0 aromatic heterocycles. The lowest BCUT2D eigenvalue weighted by Crippen LogP contribution is -2.37. The Balaban J connectivity index is 1.81. The van der Waals surface area contributed by atoms with E-state index < -0.39 is 0 Å². The monoisotopic (exact) mass is 335 g/mol. The molecular weight excluding hydrogens is 314 g/mol. The summed E-state index contributed by atoms with van der Waals surface area (Å²) in [5, 5.41) is 0. The van der Waals surface area contributed by atoms with Gasteiger partial charge in [0, 0.05) is 23.9 Å². The first-order valence-corrected chi connectivity index (χ1v) is 8.33. The van der Waals surface area contributed by atoms with Gasteiger partial charge in [-0.15, -0.1) is 0 Å². The van der Waals surface area contributed by atoms with Crippen LogP contribution < -0.4 is 15.2 Å². The van der Waals surface area contributed by atoms with Crippen molar-refractivity contribution in [3.8, 4) is 11.5 Å². The van der Waals surface area contributed by atoms with Gasteiger partial charge in [-0.1, -0.05) is 30.3 Å². The molecule has 0 aliphatic carbocycles. The zero-order valence-corrected chi connectivity index (χ0v) is 14.4. The van der Waals surface area contributed by atoms with Gasteiger partial charge in [-0.25, -0.2) is 4.99 Å². The van der Waals surface area contributed by atoms with Crippen molar-refractivity contribution in [1.82, 2.24) is 4.90 Å². The number of nitrogens with two attached hydrogens (primary N) is 1. The predicted molar refractivity (Wildman–Crippen MR) is 98.7 cm³/mol. The number of aliphatic imine (C=N–C) groups is 1. The molecule has 2 aromatic rings. The van der Waals surface area contributed by atoms with Gasteiger partial charge in [0.05, 0.1) is 14.2 Å². The zero-order chi connectivity index (χ0) is 17.4. The van der Waals surface area contributed by atoms with Gasteiger partial charge in [0.15, 0.2) is 11.5 Å². The summed E-state index contributed by atoms with van der Waals surface area (Å²) < 4.78 is 10.9. The molecule has 0 amide bonds. The van der Waals surface area contributed by atoms with Crippen LogP contribution in [0.2, 0.25) is 0 Å². The van der Waals surface area contributed by atoms with Crippen LogP contribution in [0.5, 0.6) is 11.5 Å². The molecule has 4 rings (SSSR count). The van der Waals surface area contributed by atoms with Crippen LogP contribution in [-0.4, -0.2) is 31.5 Å². The summed E-state index contributed by atoms with van der Waals surface area (Å²) in [5.41, 5.74) is 10.7. The maximum Gasteiger partial charge on any atom is 0.161 e. The summed E-state index contributed by atoms with van der Waals surface area (Å²) in [5.74, 6) is 2.02. The maximum absolute atomic E-state index is 6.14. The number of amidine groups is 1. The molecule has 0 fully saturated rings. The average Bonchev–Trinajstić information content (AvgIpc) is 2.66. The Bertz CT molecular complexity index is 859. The minimum Gasteiger partial charge on any atom is -0.493 e. The summed E-state index contributed by atoms with van der Waals surface area (Å²) in [6, 6.07) is 14.4. The molecule has 2 N–H and O–H groups in total. The highest BCUT2D eigenvalue weighted by Crippen LogP contribution is 2.42. The quantitative estimate of drug-likeness (QED) is 0.937. The molecule has 2 aliphatic heterocycles. The normalized spacial score (nSPS) is 18.6. The van der Waals surface area contributed by atoms with Crippen LogP contribution in [-0.2, 0) is 6.42 Å². The standard InChI is InChI=1S/C20H21N3O2/c1-24-17-10-14-8-9-23-16(15(14)11-18(17)25-2)12-19(21)22-20(23)13-6-4-3-5-7-13/h3-7,10-12,20H,8-9H2,1-2H3,(H2,21,22). The molecule has 1 unspecified atom stereocenters. The lowest BCUT2D eigenvalue weighted by Gasteiger charge is -2.40. The van der Waals surface area contributed by atoms with E-state index in [1.54, 1.807) is 14.2 Å². The fraction of sp³-hybridized carbons (Fsp3) is 0.250. The maximum atomic E-state index is 6.14. The fourth-order valence-corrected chi connectivity index (χ4v) is 3.57. The summed E-state index contributed by atoms with van der Waals surface area (Å²) in [7, 11) is 3.32. The molecule has 2 aromatic carbocycles. The number of ether oxygens (including phenoxy) is 2. The molecule has 2 heterocycles. The number of benzene rings is 2. The molecule has 0 saturated carbocycles. The van der Waals surface area contributed by atoms with E-state index in [-0.39, 0.29) is 6.17 Å². The van der Waals surface area contributed by atoms with Gasteiger partial charge in [-0.3, -0.25) is 0 Å². The first-order valence-electron chi connectivity index (χ1n) is 8.33. The summed E-state index contributed by atoms with van der Waals surface area (Å²) >= 11 is 0. The lowest BCUT2D eigenvalue weighted by molar-refractivity contribution is 0.297. The molecule has 5 heteroatoms. The molecule has 0 bridgehead atoms. The van der Waals surface area contributed by atoms with Gasteiger partial charge in [-0.05, 0) is 29.7 Å². The minimum absolute atomic E-state index is 0.0950. The van der Waals surface area contributed by atoms with Crippen molar-refractivity contribution in [2.75, 3.05) is 20.8 Å². The largest absolute Gasteiger partial charge is 0.493 e. The number of hydrogen-bond acceptors (Lipinski definition) is 5. The topological polar surface area (TPSA) is 60.1 Å². The van der Waals surface area contributed by atoms with Gasteiger partial charge >= 0.3 is 0 Å². The van der Waals surface area contributed by atoms with Gasteiger partial charge in [-0.2, -0.15) is 0 Å². The summed E-state index contributed by atoms with van der Waals surface area (Å²) in [6.45, 7) is 0.880. The van der Waals surface area contributed by atoms with Crippen molar-refractivity contribution in [2.24, 2.45) is 10.7 Å². The Kier molecular flexibility index (Phi) is 3.84. The van der Waals surface area contributed by atoms with Crippen LogP contribution in [0, 0.1) is 0 Å². The molecule has 0 radical (unpaired) electrons. The van der Waals surface area contributed by atoms with Gasteiger partial charge in [0.2, 0.25) is 0 Å². The molecule has 2 aliphatic rings. The Hall–Kier alpha value is -2.95. The van der Waals surface area contributed by atoms with Crippen molar-refractivity contribution in [2.45, 2.75) is 12.6 Å². The molecule has 25 heavy (non-hydrogen) atoms. The van der Waals surface area contributed by atoms with Crippen LogP contribution in [0.1, 0.15) is 22.9 Å². The van der Waals surface area contributed by atoms with E-state index in [1.165, 1.54) is 5.56 Å². The Morgan fingerprint density at radius 3 is 2.52 bits per heavy atom. The fourth-order valence-electron chi connectivity index (χ4n) is 3.57. The average molecular weight is 335 g/mol. The highest BCUT2D eigenvalue weighted by molar-refractivity contribution is 6.00. The van der Waals surface area contributed by atoms with Crippen molar-refractivity contribution in [3.63, 3.8) is 0 Å². The zero-order valence-electron chi connectivity index (χ0n) is 14.4. The Labute approximate surface area is 147 Å². The van der Waals surface area contributed by atoms with E-state index in [1.807, 2.05) is 30.3 Å². The highest BCUT2D eigenvalue weighted by Gasteiger charge is 2.31.